The van der Waals surface area contributed by atoms with Gasteiger partial charge in [0.2, 0.25) is 5.95 Å². The van der Waals surface area contributed by atoms with Crippen molar-refractivity contribution in [1.82, 2.24) is 14.5 Å². The third-order valence-electron chi connectivity index (χ3n) is 2.85. The zero-order chi connectivity index (χ0) is 12.9. The van der Waals surface area contributed by atoms with Crippen LogP contribution in [0.15, 0.2) is 67.3 Å². The molecule has 3 aromatic rings. The molecular weight excluding hydrogens is 236 g/mol. The smallest absolute Gasteiger partial charge is 0.207 e. The summed E-state index contributed by atoms with van der Waals surface area (Å²) in [6.07, 6.45) is 7.37. The summed E-state index contributed by atoms with van der Waals surface area (Å²) in [6, 6.07) is 14.0. The van der Waals surface area contributed by atoms with Crippen LogP contribution in [-0.2, 0) is 6.54 Å². The van der Waals surface area contributed by atoms with Gasteiger partial charge in [0.1, 0.15) is 0 Å². The third-order valence-corrected chi connectivity index (χ3v) is 2.85. The van der Waals surface area contributed by atoms with Gasteiger partial charge in [-0.3, -0.25) is 4.98 Å². The molecule has 4 heteroatoms. The Morgan fingerprint density at radius 2 is 1.74 bits per heavy atom. The highest BCUT2D eigenvalue weighted by atomic mass is 15.2. The van der Waals surface area contributed by atoms with Gasteiger partial charge in [0.05, 0.1) is 6.54 Å². The topological polar surface area (TPSA) is 42.7 Å². The van der Waals surface area contributed by atoms with Crippen molar-refractivity contribution in [1.29, 1.82) is 0 Å². The van der Waals surface area contributed by atoms with Gasteiger partial charge >= 0.3 is 0 Å². The largest absolute Gasteiger partial charge is 0.326 e. The van der Waals surface area contributed by atoms with E-state index in [0.717, 1.165) is 18.2 Å². The van der Waals surface area contributed by atoms with Crippen LogP contribution in [-0.4, -0.2) is 14.5 Å². The summed E-state index contributed by atoms with van der Waals surface area (Å²) in [5.41, 5.74) is 2.23. The van der Waals surface area contributed by atoms with Gasteiger partial charge in [-0.05, 0) is 29.8 Å². The van der Waals surface area contributed by atoms with Crippen molar-refractivity contribution in [2.75, 3.05) is 5.32 Å². The summed E-state index contributed by atoms with van der Waals surface area (Å²) in [7, 11) is 0. The molecule has 0 aliphatic heterocycles. The van der Waals surface area contributed by atoms with E-state index in [1.807, 2.05) is 48.7 Å². The molecule has 1 aromatic carbocycles. The minimum absolute atomic E-state index is 0.775. The molecule has 0 bridgehead atoms. The lowest BCUT2D eigenvalue weighted by Crippen LogP contribution is -2.04. The number of imidazole rings is 1. The van der Waals surface area contributed by atoms with Crippen LogP contribution >= 0.6 is 0 Å². The molecule has 0 aliphatic rings. The minimum atomic E-state index is 0.775. The van der Waals surface area contributed by atoms with Crippen molar-refractivity contribution < 1.29 is 0 Å². The fourth-order valence-corrected chi connectivity index (χ4v) is 1.90. The monoisotopic (exact) mass is 250 g/mol. The summed E-state index contributed by atoms with van der Waals surface area (Å²) < 4.78 is 2.07. The van der Waals surface area contributed by atoms with E-state index in [2.05, 4.69) is 19.9 Å². The molecule has 2 heterocycles. The van der Waals surface area contributed by atoms with Gasteiger partial charge in [-0.25, -0.2) is 4.98 Å². The first-order valence-corrected chi connectivity index (χ1v) is 6.14. The number of hydrogen-bond acceptors (Lipinski definition) is 3. The van der Waals surface area contributed by atoms with Gasteiger partial charge < -0.3 is 9.88 Å². The Bertz CT molecular complexity index is 576. The number of rotatable bonds is 4. The number of pyridine rings is 1. The van der Waals surface area contributed by atoms with E-state index >= 15 is 0 Å². The highest BCUT2D eigenvalue weighted by Crippen LogP contribution is 2.15. The Hall–Kier alpha value is -2.62. The number of para-hydroxylation sites is 1. The van der Waals surface area contributed by atoms with E-state index in [1.165, 1.54) is 5.56 Å². The van der Waals surface area contributed by atoms with Crippen molar-refractivity contribution in [3.63, 3.8) is 0 Å². The second-order valence-corrected chi connectivity index (χ2v) is 4.23. The Labute approximate surface area is 111 Å². The number of benzene rings is 1. The third kappa shape index (κ3) is 2.80. The summed E-state index contributed by atoms with van der Waals surface area (Å²) in [6.45, 7) is 0.775. The Morgan fingerprint density at radius 3 is 2.53 bits per heavy atom. The number of nitrogens with zero attached hydrogens (tertiary/aromatic N) is 3. The fraction of sp³-hybridized carbons (Fsp3) is 0.0667. The van der Waals surface area contributed by atoms with E-state index in [4.69, 9.17) is 0 Å². The van der Waals surface area contributed by atoms with E-state index in [0.29, 0.717) is 0 Å². The van der Waals surface area contributed by atoms with E-state index in [-0.39, 0.29) is 0 Å². The molecule has 2 aromatic heterocycles. The molecule has 94 valence electrons. The molecule has 0 saturated carbocycles. The standard InChI is InChI=1S/C15H14N4/c1-2-4-14(5-3-1)18-15-17-10-11-19(15)12-13-6-8-16-9-7-13/h1-11H,12H2,(H,17,18). The van der Waals surface area contributed by atoms with Gasteiger partial charge in [-0.2, -0.15) is 0 Å². The predicted octanol–water partition coefficient (Wildman–Crippen LogP) is 3.07. The molecular formula is C15H14N4. The first-order chi connectivity index (χ1) is 9.42. The Kier molecular flexibility index (Phi) is 3.23. The maximum atomic E-state index is 4.34. The second kappa shape index (κ2) is 5.35. The molecule has 4 nitrogen and oxygen atoms in total. The first kappa shape index (κ1) is 11.5. The van der Waals surface area contributed by atoms with E-state index in [9.17, 15) is 0 Å². The molecule has 0 saturated heterocycles. The SMILES string of the molecule is c1ccc(Nc2nccn2Cc2ccncc2)cc1. The minimum Gasteiger partial charge on any atom is -0.326 e. The van der Waals surface area contributed by atoms with Gasteiger partial charge in [-0.15, -0.1) is 0 Å². The lowest BCUT2D eigenvalue weighted by atomic mass is 10.3. The lowest BCUT2D eigenvalue weighted by molar-refractivity contribution is 0.806. The Morgan fingerprint density at radius 1 is 0.947 bits per heavy atom. The highest BCUT2D eigenvalue weighted by molar-refractivity contribution is 5.53. The molecule has 0 amide bonds. The average molecular weight is 250 g/mol. The first-order valence-electron chi connectivity index (χ1n) is 6.14. The maximum absolute atomic E-state index is 4.34. The zero-order valence-electron chi connectivity index (χ0n) is 10.4. The summed E-state index contributed by atoms with van der Waals surface area (Å²) in [5.74, 6) is 0.836. The molecule has 0 unspecified atom stereocenters. The van der Waals surface area contributed by atoms with Crippen LogP contribution in [0.4, 0.5) is 11.6 Å². The Balaban J connectivity index is 1.79. The highest BCUT2D eigenvalue weighted by Gasteiger charge is 2.03. The van der Waals surface area contributed by atoms with Crippen molar-refractivity contribution in [3.05, 3.63) is 72.8 Å². The summed E-state index contributed by atoms with van der Waals surface area (Å²) in [5, 5.41) is 3.31. The van der Waals surface area contributed by atoms with Crippen molar-refractivity contribution in [2.24, 2.45) is 0 Å². The second-order valence-electron chi connectivity index (χ2n) is 4.23. The molecule has 0 spiro atoms. The molecule has 3 rings (SSSR count). The molecule has 0 radical (unpaired) electrons. The number of anilines is 2. The van der Waals surface area contributed by atoms with Crippen LogP contribution < -0.4 is 5.32 Å². The van der Waals surface area contributed by atoms with Crippen LogP contribution in [0.3, 0.4) is 0 Å². The van der Waals surface area contributed by atoms with Crippen LogP contribution in [0.2, 0.25) is 0 Å². The molecule has 0 fully saturated rings. The number of nitrogens with one attached hydrogen (secondary N) is 1. The van der Waals surface area contributed by atoms with Crippen molar-refractivity contribution in [2.45, 2.75) is 6.54 Å². The van der Waals surface area contributed by atoms with E-state index in [1.54, 1.807) is 18.6 Å². The number of aromatic nitrogens is 3. The van der Waals surface area contributed by atoms with Crippen LogP contribution in [0.25, 0.3) is 0 Å². The van der Waals surface area contributed by atoms with Crippen LogP contribution in [0.5, 0.6) is 0 Å². The van der Waals surface area contributed by atoms with Gasteiger partial charge in [-0.1, -0.05) is 18.2 Å². The van der Waals surface area contributed by atoms with E-state index < -0.39 is 0 Å². The van der Waals surface area contributed by atoms with Crippen LogP contribution in [0, 0.1) is 0 Å². The van der Waals surface area contributed by atoms with Gasteiger partial charge in [0, 0.05) is 30.5 Å². The molecule has 19 heavy (non-hydrogen) atoms. The summed E-state index contributed by atoms with van der Waals surface area (Å²) >= 11 is 0. The fourth-order valence-electron chi connectivity index (χ4n) is 1.90. The van der Waals surface area contributed by atoms with Gasteiger partial charge in [0.15, 0.2) is 0 Å². The zero-order valence-corrected chi connectivity index (χ0v) is 10.4. The number of hydrogen-bond donors (Lipinski definition) is 1. The lowest BCUT2D eigenvalue weighted by Gasteiger charge is -2.09. The quantitative estimate of drug-likeness (QED) is 0.773. The van der Waals surface area contributed by atoms with Gasteiger partial charge in [0.25, 0.3) is 0 Å². The molecule has 0 aliphatic carbocycles. The summed E-state index contributed by atoms with van der Waals surface area (Å²) in [4.78, 5) is 8.37. The van der Waals surface area contributed by atoms with Crippen LogP contribution in [0.1, 0.15) is 5.56 Å². The van der Waals surface area contributed by atoms with Crippen molar-refractivity contribution >= 4 is 11.6 Å². The average Bonchev–Trinajstić information content (AvgIpc) is 2.88. The van der Waals surface area contributed by atoms with Crippen molar-refractivity contribution in [3.8, 4) is 0 Å². The molecule has 1 N–H and O–H groups in total. The maximum Gasteiger partial charge on any atom is 0.207 e. The predicted molar refractivity (Wildman–Crippen MR) is 75.3 cm³/mol. The molecule has 0 atom stereocenters. The normalized spacial score (nSPS) is 10.3.